The van der Waals surface area contributed by atoms with Crippen LogP contribution in [0.5, 0.6) is 0 Å². The van der Waals surface area contributed by atoms with E-state index < -0.39 is 5.97 Å². The molecule has 1 aromatic rings. The van der Waals surface area contributed by atoms with Gasteiger partial charge in [0.25, 0.3) is 5.91 Å². The number of aliphatic carboxylic acids is 1. The van der Waals surface area contributed by atoms with E-state index in [1.54, 1.807) is 0 Å². The minimum absolute atomic E-state index is 0.0550. The van der Waals surface area contributed by atoms with Gasteiger partial charge in [0, 0.05) is 25.6 Å². The summed E-state index contributed by atoms with van der Waals surface area (Å²) in [5.74, 6) is -0.768. The molecule has 0 spiro atoms. The summed E-state index contributed by atoms with van der Waals surface area (Å²) < 4.78 is 5.56. The highest BCUT2D eigenvalue weighted by Crippen LogP contribution is 2.20. The molecule has 1 saturated heterocycles. The molecule has 1 amide bonds. The standard InChI is InChI=1S/C16H22ClN3O4/c1-10(2)15-18-8-12(17)14(19-15)16(23)20(6-5-13(21)22)9-11-4-3-7-24-11/h8,10-11H,3-7,9H2,1-2H3,(H,21,22). The molecule has 0 saturated carbocycles. The molecule has 1 aliphatic rings. The summed E-state index contributed by atoms with van der Waals surface area (Å²) in [4.78, 5) is 33.6. The van der Waals surface area contributed by atoms with Crippen LogP contribution in [0.15, 0.2) is 6.20 Å². The zero-order chi connectivity index (χ0) is 17.7. The van der Waals surface area contributed by atoms with Gasteiger partial charge >= 0.3 is 5.97 Å². The highest BCUT2D eigenvalue weighted by Gasteiger charge is 2.26. The number of carbonyl (C=O) groups is 2. The second-order valence-corrected chi connectivity index (χ2v) is 6.52. The van der Waals surface area contributed by atoms with Crippen molar-refractivity contribution in [3.8, 4) is 0 Å². The minimum atomic E-state index is -0.961. The maximum absolute atomic E-state index is 12.8. The Kier molecular flexibility index (Phi) is 6.51. The molecular formula is C16H22ClN3O4. The highest BCUT2D eigenvalue weighted by molar-refractivity contribution is 6.33. The number of carboxylic acid groups (broad SMARTS) is 1. The molecule has 24 heavy (non-hydrogen) atoms. The van der Waals surface area contributed by atoms with E-state index in [0.29, 0.717) is 19.0 Å². The van der Waals surface area contributed by atoms with Crippen molar-refractivity contribution in [1.82, 2.24) is 14.9 Å². The molecule has 1 aliphatic heterocycles. The van der Waals surface area contributed by atoms with E-state index >= 15 is 0 Å². The largest absolute Gasteiger partial charge is 0.481 e. The van der Waals surface area contributed by atoms with E-state index in [2.05, 4.69) is 9.97 Å². The third-order valence-corrected chi connectivity index (χ3v) is 4.09. The van der Waals surface area contributed by atoms with E-state index in [1.165, 1.54) is 11.1 Å². The number of ether oxygens (including phenoxy) is 1. The molecule has 0 bridgehead atoms. The molecule has 8 heteroatoms. The number of amides is 1. The van der Waals surface area contributed by atoms with E-state index in [-0.39, 0.29) is 41.6 Å². The van der Waals surface area contributed by atoms with E-state index in [4.69, 9.17) is 21.4 Å². The third-order valence-electron chi connectivity index (χ3n) is 3.81. The number of carbonyl (C=O) groups excluding carboxylic acids is 1. The van der Waals surface area contributed by atoms with Crippen LogP contribution in [0.25, 0.3) is 0 Å². The van der Waals surface area contributed by atoms with Gasteiger partial charge < -0.3 is 14.7 Å². The molecule has 1 unspecified atom stereocenters. The Balaban J connectivity index is 2.21. The van der Waals surface area contributed by atoms with E-state index in [1.807, 2.05) is 13.8 Å². The third kappa shape index (κ3) is 4.88. The highest BCUT2D eigenvalue weighted by atomic mass is 35.5. The van der Waals surface area contributed by atoms with E-state index in [0.717, 1.165) is 12.8 Å². The lowest BCUT2D eigenvalue weighted by Gasteiger charge is -2.25. The van der Waals surface area contributed by atoms with Crippen LogP contribution in [0.4, 0.5) is 0 Å². The Morgan fingerprint density at radius 2 is 2.25 bits per heavy atom. The second kappa shape index (κ2) is 8.39. The lowest BCUT2D eigenvalue weighted by atomic mass is 10.2. The molecule has 2 heterocycles. The van der Waals surface area contributed by atoms with Crippen LogP contribution in [0.3, 0.4) is 0 Å². The number of hydrogen-bond donors (Lipinski definition) is 1. The van der Waals surface area contributed by atoms with Crippen LogP contribution < -0.4 is 0 Å². The van der Waals surface area contributed by atoms with Gasteiger partial charge in [-0.25, -0.2) is 9.97 Å². The molecule has 7 nitrogen and oxygen atoms in total. The smallest absolute Gasteiger partial charge is 0.305 e. The monoisotopic (exact) mass is 355 g/mol. The molecule has 0 aromatic carbocycles. The normalized spacial score (nSPS) is 17.2. The predicted molar refractivity (Wildman–Crippen MR) is 88.3 cm³/mol. The minimum Gasteiger partial charge on any atom is -0.481 e. The number of hydrogen-bond acceptors (Lipinski definition) is 5. The summed E-state index contributed by atoms with van der Waals surface area (Å²) in [7, 11) is 0. The van der Waals surface area contributed by atoms with Crippen molar-refractivity contribution in [3.05, 3.63) is 22.7 Å². The number of carboxylic acids is 1. The van der Waals surface area contributed by atoms with Crippen molar-refractivity contribution < 1.29 is 19.4 Å². The molecule has 1 N–H and O–H groups in total. The summed E-state index contributed by atoms with van der Waals surface area (Å²) in [5, 5.41) is 9.09. The van der Waals surface area contributed by atoms with Gasteiger partial charge in [0.1, 0.15) is 5.82 Å². The van der Waals surface area contributed by atoms with E-state index in [9.17, 15) is 9.59 Å². The van der Waals surface area contributed by atoms with Gasteiger partial charge in [0.15, 0.2) is 5.69 Å². The SMILES string of the molecule is CC(C)c1ncc(Cl)c(C(=O)N(CCC(=O)O)CC2CCCO2)n1. The van der Waals surface area contributed by atoms with Crippen molar-refractivity contribution in [1.29, 1.82) is 0 Å². The lowest BCUT2D eigenvalue weighted by molar-refractivity contribution is -0.137. The summed E-state index contributed by atoms with van der Waals surface area (Å²) in [6.07, 6.45) is 2.99. The number of rotatable bonds is 7. The number of halogens is 1. The number of nitrogens with zero attached hydrogens (tertiary/aromatic N) is 3. The first-order valence-corrected chi connectivity index (χ1v) is 8.41. The van der Waals surface area contributed by atoms with Crippen LogP contribution in [0.2, 0.25) is 5.02 Å². The molecule has 0 aliphatic carbocycles. The van der Waals surface area contributed by atoms with Crippen molar-refractivity contribution in [3.63, 3.8) is 0 Å². The average Bonchev–Trinajstić information content (AvgIpc) is 3.03. The Hall–Kier alpha value is -1.73. The molecule has 132 valence electrons. The summed E-state index contributed by atoms with van der Waals surface area (Å²) in [6.45, 7) is 4.93. The lowest BCUT2D eigenvalue weighted by Crippen LogP contribution is -2.39. The van der Waals surface area contributed by atoms with Crippen LogP contribution in [0, 0.1) is 0 Å². The Bertz CT molecular complexity index is 603. The fraction of sp³-hybridized carbons (Fsp3) is 0.625. The fourth-order valence-electron chi connectivity index (χ4n) is 2.50. The zero-order valence-electron chi connectivity index (χ0n) is 13.9. The molecular weight excluding hydrogens is 334 g/mol. The molecule has 1 aromatic heterocycles. The molecule has 2 rings (SSSR count). The molecule has 1 atom stereocenters. The van der Waals surface area contributed by atoms with Gasteiger partial charge in [-0.2, -0.15) is 0 Å². The van der Waals surface area contributed by atoms with Gasteiger partial charge in [0.2, 0.25) is 0 Å². The Morgan fingerprint density at radius 3 is 2.83 bits per heavy atom. The maximum atomic E-state index is 12.8. The maximum Gasteiger partial charge on any atom is 0.305 e. The van der Waals surface area contributed by atoms with Crippen molar-refractivity contribution >= 4 is 23.5 Å². The fourth-order valence-corrected chi connectivity index (χ4v) is 2.67. The quantitative estimate of drug-likeness (QED) is 0.807. The van der Waals surface area contributed by atoms with Crippen LogP contribution in [-0.2, 0) is 9.53 Å². The van der Waals surface area contributed by atoms with Crippen LogP contribution in [0.1, 0.15) is 55.3 Å². The van der Waals surface area contributed by atoms with Crippen molar-refractivity contribution in [2.45, 2.75) is 45.1 Å². The molecule has 0 radical (unpaired) electrons. The van der Waals surface area contributed by atoms with Gasteiger partial charge in [-0.05, 0) is 12.8 Å². The summed E-state index contributed by atoms with van der Waals surface area (Å²) >= 11 is 6.10. The molecule has 1 fully saturated rings. The van der Waals surface area contributed by atoms with Gasteiger partial charge in [-0.1, -0.05) is 25.4 Å². The Labute approximate surface area is 146 Å². The van der Waals surface area contributed by atoms with Gasteiger partial charge in [-0.15, -0.1) is 0 Å². The second-order valence-electron chi connectivity index (χ2n) is 6.11. The predicted octanol–water partition coefficient (Wildman–Crippen LogP) is 2.35. The van der Waals surface area contributed by atoms with Crippen LogP contribution in [-0.4, -0.2) is 57.7 Å². The van der Waals surface area contributed by atoms with Crippen LogP contribution >= 0.6 is 11.6 Å². The van der Waals surface area contributed by atoms with Crippen molar-refractivity contribution in [2.24, 2.45) is 0 Å². The van der Waals surface area contributed by atoms with Gasteiger partial charge in [-0.3, -0.25) is 9.59 Å². The first-order valence-electron chi connectivity index (χ1n) is 8.03. The zero-order valence-corrected chi connectivity index (χ0v) is 14.6. The topological polar surface area (TPSA) is 92.6 Å². The van der Waals surface area contributed by atoms with Gasteiger partial charge in [0.05, 0.1) is 23.7 Å². The first-order chi connectivity index (χ1) is 11.4. The number of aromatic nitrogens is 2. The summed E-state index contributed by atoms with van der Waals surface area (Å²) in [5.41, 5.74) is 0.110. The average molecular weight is 356 g/mol. The summed E-state index contributed by atoms with van der Waals surface area (Å²) in [6, 6.07) is 0. The Morgan fingerprint density at radius 1 is 1.50 bits per heavy atom. The first kappa shape index (κ1) is 18.6. The van der Waals surface area contributed by atoms with Crippen molar-refractivity contribution in [2.75, 3.05) is 19.7 Å².